The quantitative estimate of drug-likeness (QED) is 0.655. The minimum Gasteiger partial charge on any atom is -0.481 e. The molecule has 0 heterocycles. The molecule has 0 radical (unpaired) electrons. The molecule has 1 aromatic rings. The van der Waals surface area contributed by atoms with Crippen LogP contribution in [0.1, 0.15) is 44.6 Å². The maximum absolute atomic E-state index is 12.1. The number of nitrogens with one attached hydrogen (secondary N) is 2. The summed E-state index contributed by atoms with van der Waals surface area (Å²) in [5.74, 6) is -0.229. The number of urea groups is 1. The second-order valence-corrected chi connectivity index (χ2v) is 6.33. The summed E-state index contributed by atoms with van der Waals surface area (Å²) in [6.07, 6.45) is 4.47. The largest absolute Gasteiger partial charge is 0.481 e. The van der Waals surface area contributed by atoms with Crippen LogP contribution in [0.3, 0.4) is 0 Å². The van der Waals surface area contributed by atoms with Crippen molar-refractivity contribution in [1.29, 1.82) is 0 Å². The number of benzene rings is 1. The van der Waals surface area contributed by atoms with Crippen LogP contribution in [0.4, 0.5) is 4.79 Å². The third kappa shape index (κ3) is 6.30. The number of amides is 2. The molecule has 1 aliphatic rings. The summed E-state index contributed by atoms with van der Waals surface area (Å²) >= 11 is 0. The molecular weight excluding hydrogens is 292 g/mol. The van der Waals surface area contributed by atoms with Crippen LogP contribution in [-0.4, -0.2) is 29.2 Å². The van der Waals surface area contributed by atoms with Gasteiger partial charge < -0.3 is 15.7 Å². The molecule has 0 saturated heterocycles. The fraction of sp³-hybridized carbons (Fsp3) is 0.556. The predicted molar refractivity (Wildman–Crippen MR) is 89.3 cm³/mol. The van der Waals surface area contributed by atoms with E-state index in [0.29, 0.717) is 18.8 Å². The highest BCUT2D eigenvalue weighted by Gasteiger charge is 2.37. The Hall–Kier alpha value is -2.04. The minimum absolute atomic E-state index is 0.0552. The number of carbonyl (C=O) groups excluding carboxylic acids is 1. The Morgan fingerprint density at radius 3 is 2.70 bits per heavy atom. The third-order valence-electron chi connectivity index (χ3n) is 4.27. The van der Waals surface area contributed by atoms with Crippen LogP contribution in [-0.2, 0) is 11.2 Å². The first kappa shape index (κ1) is 17.3. The van der Waals surface area contributed by atoms with E-state index >= 15 is 0 Å². The molecule has 1 fully saturated rings. The summed E-state index contributed by atoms with van der Waals surface area (Å²) < 4.78 is 0. The number of carboxylic acids is 1. The molecule has 0 spiro atoms. The van der Waals surface area contributed by atoms with Gasteiger partial charge in [0.2, 0.25) is 0 Å². The van der Waals surface area contributed by atoms with Crippen molar-refractivity contribution in [2.24, 2.45) is 5.92 Å². The third-order valence-corrected chi connectivity index (χ3v) is 4.27. The average Bonchev–Trinajstić information content (AvgIpc) is 3.23. The van der Waals surface area contributed by atoms with Crippen molar-refractivity contribution in [3.63, 3.8) is 0 Å². The summed E-state index contributed by atoms with van der Waals surface area (Å²) in [5.41, 5.74) is 1.10. The van der Waals surface area contributed by atoms with E-state index in [2.05, 4.69) is 17.6 Å². The maximum Gasteiger partial charge on any atom is 0.315 e. The van der Waals surface area contributed by atoms with E-state index in [1.54, 1.807) is 0 Å². The number of carboxylic acid groups (broad SMARTS) is 1. The zero-order chi connectivity index (χ0) is 16.7. The molecule has 23 heavy (non-hydrogen) atoms. The summed E-state index contributed by atoms with van der Waals surface area (Å²) in [5, 5.41) is 14.8. The van der Waals surface area contributed by atoms with Gasteiger partial charge in [0, 0.05) is 18.5 Å². The molecule has 1 aromatic carbocycles. The van der Waals surface area contributed by atoms with Gasteiger partial charge >= 0.3 is 12.0 Å². The van der Waals surface area contributed by atoms with Crippen molar-refractivity contribution >= 4 is 12.0 Å². The van der Waals surface area contributed by atoms with Crippen LogP contribution in [0.15, 0.2) is 30.3 Å². The highest BCUT2D eigenvalue weighted by Crippen LogP contribution is 2.34. The molecule has 0 bridgehead atoms. The minimum atomic E-state index is -0.838. The van der Waals surface area contributed by atoms with Gasteiger partial charge in [-0.2, -0.15) is 0 Å². The molecule has 2 amide bonds. The van der Waals surface area contributed by atoms with Gasteiger partial charge in [-0.15, -0.1) is 0 Å². The smallest absolute Gasteiger partial charge is 0.315 e. The van der Waals surface area contributed by atoms with Crippen LogP contribution in [0, 0.1) is 5.92 Å². The van der Waals surface area contributed by atoms with Crippen molar-refractivity contribution < 1.29 is 14.7 Å². The molecule has 1 saturated carbocycles. The predicted octanol–water partition coefficient (Wildman–Crippen LogP) is 2.95. The standard InChI is InChI=1S/C18H26N2O3/c1-2-6-14-12-16(14)20-18(23)19-15(9-10-17(21)22)11-13-7-4-3-5-8-13/h3-5,7-8,14-16H,2,6,9-12H2,1H3,(H,21,22)(H2,19,20,23)/t14-,15?,16-/m1/s1. The lowest BCUT2D eigenvalue weighted by Crippen LogP contribution is -2.44. The number of hydrogen-bond acceptors (Lipinski definition) is 2. The number of rotatable bonds is 9. The maximum atomic E-state index is 12.1. The van der Waals surface area contributed by atoms with Gasteiger partial charge in [0.25, 0.3) is 0 Å². The Labute approximate surface area is 137 Å². The zero-order valence-corrected chi connectivity index (χ0v) is 13.6. The Balaban J connectivity index is 1.83. The van der Waals surface area contributed by atoms with Crippen LogP contribution < -0.4 is 10.6 Å². The molecule has 3 atom stereocenters. The molecule has 5 heteroatoms. The molecule has 0 aliphatic heterocycles. The van der Waals surface area contributed by atoms with E-state index in [9.17, 15) is 9.59 Å². The van der Waals surface area contributed by atoms with Crippen molar-refractivity contribution in [3.05, 3.63) is 35.9 Å². The molecule has 3 N–H and O–H groups in total. The van der Waals surface area contributed by atoms with Gasteiger partial charge in [-0.25, -0.2) is 4.79 Å². The topological polar surface area (TPSA) is 78.4 Å². The summed E-state index contributed by atoms with van der Waals surface area (Å²) in [4.78, 5) is 22.9. The molecule has 126 valence electrons. The Morgan fingerprint density at radius 2 is 2.04 bits per heavy atom. The number of hydrogen-bond donors (Lipinski definition) is 3. The molecule has 0 aromatic heterocycles. The zero-order valence-electron chi connectivity index (χ0n) is 13.6. The van der Waals surface area contributed by atoms with Gasteiger partial charge in [0.15, 0.2) is 0 Å². The second-order valence-electron chi connectivity index (χ2n) is 6.33. The van der Waals surface area contributed by atoms with Crippen LogP contribution in [0.5, 0.6) is 0 Å². The van der Waals surface area contributed by atoms with Crippen LogP contribution in [0.25, 0.3) is 0 Å². The fourth-order valence-corrected chi connectivity index (χ4v) is 2.93. The Kier molecular flexibility index (Phi) is 6.44. The van der Waals surface area contributed by atoms with Gasteiger partial charge in [0.1, 0.15) is 0 Å². The van der Waals surface area contributed by atoms with E-state index in [0.717, 1.165) is 24.8 Å². The molecule has 2 rings (SSSR count). The summed E-state index contributed by atoms with van der Waals surface area (Å²) in [6, 6.07) is 9.75. The first-order valence-corrected chi connectivity index (χ1v) is 8.41. The summed E-state index contributed by atoms with van der Waals surface area (Å²) in [6.45, 7) is 2.15. The van der Waals surface area contributed by atoms with Crippen molar-refractivity contribution in [3.8, 4) is 0 Å². The van der Waals surface area contributed by atoms with Crippen LogP contribution >= 0.6 is 0 Å². The van der Waals surface area contributed by atoms with E-state index < -0.39 is 5.97 Å². The normalized spacial score (nSPS) is 20.6. The number of aliphatic carboxylic acids is 1. The first-order valence-electron chi connectivity index (χ1n) is 8.41. The van der Waals surface area contributed by atoms with Crippen molar-refractivity contribution in [1.82, 2.24) is 10.6 Å². The molecule has 1 aliphatic carbocycles. The lowest BCUT2D eigenvalue weighted by atomic mass is 10.0. The van der Waals surface area contributed by atoms with E-state index in [1.807, 2.05) is 30.3 Å². The van der Waals surface area contributed by atoms with Crippen molar-refractivity contribution in [2.45, 2.75) is 57.5 Å². The lowest BCUT2D eigenvalue weighted by Gasteiger charge is -2.19. The molecule has 5 nitrogen and oxygen atoms in total. The van der Waals surface area contributed by atoms with Gasteiger partial charge in [-0.3, -0.25) is 4.79 Å². The summed E-state index contributed by atoms with van der Waals surface area (Å²) in [7, 11) is 0. The van der Waals surface area contributed by atoms with Gasteiger partial charge in [-0.1, -0.05) is 43.7 Å². The molecule has 1 unspecified atom stereocenters. The number of carbonyl (C=O) groups is 2. The van der Waals surface area contributed by atoms with Crippen molar-refractivity contribution in [2.75, 3.05) is 0 Å². The SMILES string of the molecule is CCC[C@@H]1C[C@H]1NC(=O)NC(CCC(=O)O)Cc1ccccc1. The average molecular weight is 318 g/mol. The first-order chi connectivity index (χ1) is 11.1. The highest BCUT2D eigenvalue weighted by molar-refractivity contribution is 5.75. The van der Waals surface area contributed by atoms with E-state index in [-0.39, 0.29) is 24.5 Å². The second kappa shape index (κ2) is 8.56. The van der Waals surface area contributed by atoms with Crippen LogP contribution in [0.2, 0.25) is 0 Å². The highest BCUT2D eigenvalue weighted by atomic mass is 16.4. The lowest BCUT2D eigenvalue weighted by molar-refractivity contribution is -0.137. The molecular formula is C18H26N2O3. The monoisotopic (exact) mass is 318 g/mol. The Morgan fingerprint density at radius 1 is 1.30 bits per heavy atom. The Bertz CT molecular complexity index is 518. The van der Waals surface area contributed by atoms with E-state index in [1.165, 1.54) is 0 Å². The fourth-order valence-electron chi connectivity index (χ4n) is 2.93. The van der Waals surface area contributed by atoms with Gasteiger partial charge in [-0.05, 0) is 37.2 Å². The van der Waals surface area contributed by atoms with E-state index in [4.69, 9.17) is 5.11 Å². The van der Waals surface area contributed by atoms with Gasteiger partial charge in [0.05, 0.1) is 0 Å².